The van der Waals surface area contributed by atoms with Gasteiger partial charge in [-0.2, -0.15) is 0 Å². The number of aromatic nitrogens is 2. The van der Waals surface area contributed by atoms with E-state index >= 15 is 0 Å². The molecule has 0 fully saturated rings. The SMILES string of the molecule is Nc1ccc(Br)cc1NCCCc1ncc[nH]1. The lowest BCUT2D eigenvalue weighted by Crippen LogP contribution is -2.05. The van der Waals surface area contributed by atoms with Crippen molar-refractivity contribution >= 4 is 27.3 Å². The van der Waals surface area contributed by atoms with Crippen LogP contribution in [0.2, 0.25) is 0 Å². The first-order valence-corrected chi connectivity index (χ1v) is 6.32. The van der Waals surface area contributed by atoms with Crippen LogP contribution in [0.3, 0.4) is 0 Å². The molecule has 0 aliphatic rings. The second-order valence-electron chi connectivity index (χ2n) is 3.80. The predicted molar refractivity (Wildman–Crippen MR) is 74.0 cm³/mol. The first kappa shape index (κ1) is 12.0. The second kappa shape index (κ2) is 5.72. The van der Waals surface area contributed by atoms with Gasteiger partial charge in [0, 0.05) is 29.8 Å². The van der Waals surface area contributed by atoms with Gasteiger partial charge in [0.2, 0.25) is 0 Å². The number of anilines is 2. The van der Waals surface area contributed by atoms with Crippen LogP contribution < -0.4 is 11.1 Å². The molecular weight excluding hydrogens is 280 g/mol. The summed E-state index contributed by atoms with van der Waals surface area (Å²) in [6.45, 7) is 0.876. The molecule has 0 unspecified atom stereocenters. The summed E-state index contributed by atoms with van der Waals surface area (Å²) in [4.78, 5) is 7.26. The van der Waals surface area contributed by atoms with Crippen LogP contribution in [0.4, 0.5) is 11.4 Å². The summed E-state index contributed by atoms with van der Waals surface area (Å²) < 4.78 is 1.03. The quantitative estimate of drug-likeness (QED) is 0.587. The van der Waals surface area contributed by atoms with Crippen LogP contribution in [-0.4, -0.2) is 16.5 Å². The summed E-state index contributed by atoms with van der Waals surface area (Å²) in [7, 11) is 0. The number of aryl methyl sites for hydroxylation is 1. The summed E-state index contributed by atoms with van der Waals surface area (Å²) in [6.07, 6.45) is 5.57. The van der Waals surface area contributed by atoms with Gasteiger partial charge in [0.15, 0.2) is 0 Å². The maximum atomic E-state index is 5.86. The average molecular weight is 295 g/mol. The van der Waals surface area contributed by atoms with Crippen LogP contribution in [0.5, 0.6) is 0 Å². The molecule has 0 atom stereocenters. The number of benzene rings is 1. The van der Waals surface area contributed by atoms with E-state index in [-0.39, 0.29) is 0 Å². The third-order valence-electron chi connectivity index (χ3n) is 2.48. The lowest BCUT2D eigenvalue weighted by Gasteiger charge is -2.09. The molecule has 5 heteroatoms. The molecule has 0 aliphatic carbocycles. The van der Waals surface area contributed by atoms with Crippen molar-refractivity contribution < 1.29 is 0 Å². The molecule has 2 rings (SSSR count). The summed E-state index contributed by atoms with van der Waals surface area (Å²) in [6, 6.07) is 5.81. The molecule has 1 aromatic carbocycles. The van der Waals surface area contributed by atoms with Crippen molar-refractivity contribution in [3.63, 3.8) is 0 Å². The Hall–Kier alpha value is -1.49. The third kappa shape index (κ3) is 3.49. The fourth-order valence-corrected chi connectivity index (χ4v) is 1.96. The highest BCUT2D eigenvalue weighted by Crippen LogP contribution is 2.23. The van der Waals surface area contributed by atoms with Crippen LogP contribution in [-0.2, 0) is 6.42 Å². The number of nitrogens with zero attached hydrogens (tertiary/aromatic N) is 1. The van der Waals surface area contributed by atoms with Gasteiger partial charge in [0.25, 0.3) is 0 Å². The monoisotopic (exact) mass is 294 g/mol. The average Bonchev–Trinajstić information content (AvgIpc) is 2.82. The summed E-state index contributed by atoms with van der Waals surface area (Å²) in [5.74, 6) is 1.02. The van der Waals surface area contributed by atoms with E-state index in [1.54, 1.807) is 6.20 Å². The van der Waals surface area contributed by atoms with Gasteiger partial charge in [0.05, 0.1) is 11.4 Å². The highest BCUT2D eigenvalue weighted by molar-refractivity contribution is 9.10. The van der Waals surface area contributed by atoms with E-state index in [1.807, 2.05) is 24.4 Å². The number of imidazole rings is 1. The number of hydrogen-bond acceptors (Lipinski definition) is 3. The Morgan fingerprint density at radius 2 is 2.29 bits per heavy atom. The second-order valence-corrected chi connectivity index (χ2v) is 4.71. The number of rotatable bonds is 5. The Morgan fingerprint density at radius 1 is 1.41 bits per heavy atom. The maximum Gasteiger partial charge on any atom is 0.106 e. The molecule has 0 saturated carbocycles. The lowest BCUT2D eigenvalue weighted by molar-refractivity contribution is 0.816. The van der Waals surface area contributed by atoms with E-state index in [0.29, 0.717) is 0 Å². The van der Waals surface area contributed by atoms with Crippen molar-refractivity contribution in [2.75, 3.05) is 17.6 Å². The molecular formula is C12H15BrN4. The fourth-order valence-electron chi connectivity index (χ4n) is 1.60. The largest absolute Gasteiger partial charge is 0.397 e. The van der Waals surface area contributed by atoms with Gasteiger partial charge < -0.3 is 16.0 Å². The third-order valence-corrected chi connectivity index (χ3v) is 2.97. The number of hydrogen-bond donors (Lipinski definition) is 3. The minimum atomic E-state index is 0.770. The van der Waals surface area contributed by atoms with Crippen molar-refractivity contribution in [2.45, 2.75) is 12.8 Å². The number of aromatic amines is 1. The van der Waals surface area contributed by atoms with Gasteiger partial charge >= 0.3 is 0 Å². The number of H-pyrrole nitrogens is 1. The summed E-state index contributed by atoms with van der Waals surface area (Å²) in [5.41, 5.74) is 7.61. The van der Waals surface area contributed by atoms with Crippen molar-refractivity contribution in [3.8, 4) is 0 Å². The van der Waals surface area contributed by atoms with E-state index in [9.17, 15) is 0 Å². The van der Waals surface area contributed by atoms with E-state index in [0.717, 1.165) is 41.1 Å². The first-order chi connectivity index (χ1) is 8.25. The zero-order valence-electron chi connectivity index (χ0n) is 9.41. The molecule has 0 aliphatic heterocycles. The van der Waals surface area contributed by atoms with Gasteiger partial charge in [0.1, 0.15) is 5.82 Å². The molecule has 0 spiro atoms. The van der Waals surface area contributed by atoms with Gasteiger partial charge in [-0.3, -0.25) is 0 Å². The lowest BCUT2D eigenvalue weighted by atomic mass is 10.2. The van der Waals surface area contributed by atoms with Gasteiger partial charge in [-0.15, -0.1) is 0 Å². The molecule has 0 amide bonds. The minimum Gasteiger partial charge on any atom is -0.397 e. The molecule has 0 radical (unpaired) electrons. The molecule has 4 nitrogen and oxygen atoms in total. The van der Waals surface area contributed by atoms with E-state index in [4.69, 9.17) is 5.73 Å². The van der Waals surface area contributed by atoms with E-state index < -0.39 is 0 Å². The molecule has 17 heavy (non-hydrogen) atoms. The fraction of sp³-hybridized carbons (Fsp3) is 0.250. The Labute approximate surface area is 109 Å². The van der Waals surface area contributed by atoms with Crippen LogP contribution in [0.15, 0.2) is 35.1 Å². The van der Waals surface area contributed by atoms with Gasteiger partial charge in [-0.05, 0) is 24.6 Å². The number of nitrogen functional groups attached to an aromatic ring is 1. The van der Waals surface area contributed by atoms with Crippen LogP contribution in [0, 0.1) is 0 Å². The minimum absolute atomic E-state index is 0.770. The van der Waals surface area contributed by atoms with E-state index in [2.05, 4.69) is 31.2 Å². The number of halogens is 1. The zero-order valence-corrected chi connectivity index (χ0v) is 11.0. The maximum absolute atomic E-state index is 5.86. The van der Waals surface area contributed by atoms with Gasteiger partial charge in [-0.1, -0.05) is 15.9 Å². The number of nitrogens with two attached hydrogens (primary N) is 1. The smallest absolute Gasteiger partial charge is 0.106 e. The molecule has 1 heterocycles. The predicted octanol–water partition coefficient (Wildman–Crippen LogP) is 2.80. The zero-order chi connectivity index (χ0) is 12.1. The Kier molecular flexibility index (Phi) is 4.03. The Balaban J connectivity index is 1.80. The summed E-state index contributed by atoms with van der Waals surface area (Å²) >= 11 is 3.43. The van der Waals surface area contributed by atoms with Crippen molar-refractivity contribution in [3.05, 3.63) is 40.9 Å². The topological polar surface area (TPSA) is 66.7 Å². The summed E-state index contributed by atoms with van der Waals surface area (Å²) in [5, 5.41) is 3.32. The molecule has 0 saturated heterocycles. The van der Waals surface area contributed by atoms with Crippen molar-refractivity contribution in [1.29, 1.82) is 0 Å². The van der Waals surface area contributed by atoms with Gasteiger partial charge in [-0.25, -0.2) is 4.98 Å². The van der Waals surface area contributed by atoms with Crippen LogP contribution in [0.1, 0.15) is 12.2 Å². The standard InChI is InChI=1S/C12H15BrN4/c13-9-3-4-10(14)11(8-9)15-5-1-2-12-16-6-7-17-12/h3-4,6-8,15H,1-2,5,14H2,(H,16,17). The molecule has 4 N–H and O–H groups in total. The molecule has 1 aromatic heterocycles. The van der Waals surface area contributed by atoms with Crippen LogP contribution in [0.25, 0.3) is 0 Å². The highest BCUT2D eigenvalue weighted by atomic mass is 79.9. The van der Waals surface area contributed by atoms with Crippen molar-refractivity contribution in [2.24, 2.45) is 0 Å². The molecule has 2 aromatic rings. The normalized spacial score (nSPS) is 10.4. The molecule has 90 valence electrons. The first-order valence-electron chi connectivity index (χ1n) is 5.53. The highest BCUT2D eigenvalue weighted by Gasteiger charge is 1.99. The van der Waals surface area contributed by atoms with Crippen LogP contribution >= 0.6 is 15.9 Å². The van der Waals surface area contributed by atoms with E-state index in [1.165, 1.54) is 0 Å². The Bertz CT molecular complexity index is 467. The molecule has 0 bridgehead atoms. The Morgan fingerprint density at radius 3 is 3.06 bits per heavy atom. The number of nitrogens with one attached hydrogen (secondary N) is 2. The van der Waals surface area contributed by atoms with Crippen molar-refractivity contribution in [1.82, 2.24) is 9.97 Å².